The Kier molecular flexibility index (Phi) is 47.8. The van der Waals surface area contributed by atoms with E-state index in [1.54, 1.807) is 0 Å². The Bertz CT molecular complexity index is 973. The molecule has 60 heavy (non-hydrogen) atoms. The van der Waals surface area contributed by atoms with Crippen LogP contribution in [0.5, 0.6) is 0 Å². The summed E-state index contributed by atoms with van der Waals surface area (Å²) in [5.41, 5.74) is 0. The van der Waals surface area contributed by atoms with E-state index in [4.69, 9.17) is 14.2 Å². The highest BCUT2D eigenvalue weighted by Crippen LogP contribution is 2.16. The van der Waals surface area contributed by atoms with Crippen LogP contribution in [0.1, 0.15) is 284 Å². The first-order valence-electron chi connectivity index (χ1n) is 26.3. The number of esters is 3. The fraction of sp³-hybridized carbons (Fsp3) is 0.870. The van der Waals surface area contributed by atoms with E-state index in [2.05, 4.69) is 45.1 Å². The molecule has 0 aliphatic carbocycles. The highest BCUT2D eigenvalue weighted by molar-refractivity contribution is 5.71. The molecule has 0 aliphatic heterocycles. The number of carbonyl (C=O) groups excluding carboxylic acids is 3. The molecule has 0 unspecified atom stereocenters. The highest BCUT2D eigenvalue weighted by Gasteiger charge is 2.19. The van der Waals surface area contributed by atoms with E-state index in [1.807, 2.05) is 0 Å². The Hall–Kier alpha value is -2.11. The minimum absolute atomic E-state index is 0.0681. The van der Waals surface area contributed by atoms with Crippen molar-refractivity contribution in [2.24, 2.45) is 0 Å². The summed E-state index contributed by atoms with van der Waals surface area (Å²) in [5.74, 6) is -0.859. The third kappa shape index (κ3) is 46.9. The SMILES string of the molecule is CCCCC/C=C\C/C=C\CCCCCCCCCCCC(=O)O[C@@H](COC(=O)CCCCCCCCCCCCC)COC(=O)CCCCCCCCCCCCCC. The van der Waals surface area contributed by atoms with Gasteiger partial charge in [-0.1, -0.05) is 238 Å². The van der Waals surface area contributed by atoms with Crippen molar-refractivity contribution in [3.8, 4) is 0 Å². The van der Waals surface area contributed by atoms with Gasteiger partial charge < -0.3 is 14.2 Å². The zero-order valence-corrected chi connectivity index (χ0v) is 40.2. The van der Waals surface area contributed by atoms with Gasteiger partial charge in [-0.15, -0.1) is 0 Å². The smallest absolute Gasteiger partial charge is 0.306 e. The number of hydrogen-bond donors (Lipinski definition) is 0. The van der Waals surface area contributed by atoms with Crippen molar-refractivity contribution >= 4 is 17.9 Å². The first-order valence-corrected chi connectivity index (χ1v) is 26.3. The maximum Gasteiger partial charge on any atom is 0.306 e. The summed E-state index contributed by atoms with van der Waals surface area (Å²) in [7, 11) is 0. The quantitative estimate of drug-likeness (QED) is 0.0263. The van der Waals surface area contributed by atoms with Crippen molar-refractivity contribution in [2.75, 3.05) is 13.2 Å². The fourth-order valence-corrected chi connectivity index (χ4v) is 7.71. The van der Waals surface area contributed by atoms with Crippen LogP contribution in [-0.2, 0) is 28.6 Å². The van der Waals surface area contributed by atoms with Crippen LogP contribution in [0.15, 0.2) is 24.3 Å². The van der Waals surface area contributed by atoms with E-state index in [-0.39, 0.29) is 31.1 Å². The molecule has 0 spiro atoms. The summed E-state index contributed by atoms with van der Waals surface area (Å²) in [5, 5.41) is 0. The van der Waals surface area contributed by atoms with Crippen molar-refractivity contribution in [3.63, 3.8) is 0 Å². The minimum atomic E-state index is -0.766. The second-order valence-corrected chi connectivity index (χ2v) is 17.8. The second kappa shape index (κ2) is 49.5. The van der Waals surface area contributed by atoms with Gasteiger partial charge in [-0.25, -0.2) is 0 Å². The van der Waals surface area contributed by atoms with Crippen molar-refractivity contribution in [1.82, 2.24) is 0 Å². The first kappa shape index (κ1) is 57.9. The zero-order valence-electron chi connectivity index (χ0n) is 40.2. The van der Waals surface area contributed by atoms with Gasteiger partial charge in [0.25, 0.3) is 0 Å². The average molecular weight is 845 g/mol. The normalized spacial score (nSPS) is 12.1. The molecule has 0 fully saturated rings. The number of rotatable bonds is 48. The average Bonchev–Trinajstić information content (AvgIpc) is 3.24. The lowest BCUT2D eigenvalue weighted by Crippen LogP contribution is -2.30. The number of allylic oxidation sites excluding steroid dienone is 4. The van der Waals surface area contributed by atoms with Gasteiger partial charge in [0, 0.05) is 19.3 Å². The zero-order chi connectivity index (χ0) is 43.7. The van der Waals surface area contributed by atoms with E-state index in [0.29, 0.717) is 19.3 Å². The van der Waals surface area contributed by atoms with Crippen molar-refractivity contribution < 1.29 is 28.6 Å². The molecule has 0 bridgehead atoms. The molecule has 0 amide bonds. The number of hydrogen-bond acceptors (Lipinski definition) is 6. The predicted octanol–water partition coefficient (Wildman–Crippen LogP) is 17.2. The molecule has 6 nitrogen and oxygen atoms in total. The third-order valence-electron chi connectivity index (χ3n) is 11.7. The van der Waals surface area contributed by atoms with Gasteiger partial charge in [0.1, 0.15) is 13.2 Å². The molecule has 352 valence electrons. The predicted molar refractivity (Wildman–Crippen MR) is 256 cm³/mol. The molecule has 1 atom stereocenters. The Morgan fingerprint density at radius 1 is 0.333 bits per heavy atom. The molecule has 0 saturated heterocycles. The summed E-state index contributed by atoms with van der Waals surface area (Å²) in [6.45, 7) is 6.63. The Morgan fingerprint density at radius 3 is 0.950 bits per heavy atom. The van der Waals surface area contributed by atoms with E-state index in [0.717, 1.165) is 64.2 Å². The number of ether oxygens (including phenoxy) is 3. The van der Waals surface area contributed by atoms with Gasteiger partial charge >= 0.3 is 17.9 Å². The Morgan fingerprint density at radius 2 is 0.600 bits per heavy atom. The molecule has 0 heterocycles. The lowest BCUT2D eigenvalue weighted by Gasteiger charge is -2.18. The van der Waals surface area contributed by atoms with Crippen molar-refractivity contribution in [2.45, 2.75) is 290 Å². The van der Waals surface area contributed by atoms with Crippen LogP contribution >= 0.6 is 0 Å². The Labute approximate surface area is 373 Å². The maximum atomic E-state index is 12.8. The molecular formula is C54H100O6. The summed E-state index contributed by atoms with van der Waals surface area (Å²) in [6.07, 6.45) is 55.9. The molecule has 0 saturated carbocycles. The molecule has 0 aromatic rings. The van der Waals surface area contributed by atoms with Crippen LogP contribution in [0.3, 0.4) is 0 Å². The summed E-state index contributed by atoms with van der Waals surface area (Å²) >= 11 is 0. The van der Waals surface area contributed by atoms with Crippen LogP contribution in [-0.4, -0.2) is 37.2 Å². The molecule has 0 aromatic heterocycles. The van der Waals surface area contributed by atoms with Crippen LogP contribution in [0, 0.1) is 0 Å². The number of unbranched alkanes of at least 4 members (excludes halogenated alkanes) is 33. The van der Waals surface area contributed by atoms with Crippen LogP contribution in [0.2, 0.25) is 0 Å². The van der Waals surface area contributed by atoms with Gasteiger partial charge in [0.05, 0.1) is 0 Å². The monoisotopic (exact) mass is 845 g/mol. The molecular weight excluding hydrogens is 745 g/mol. The van der Waals surface area contributed by atoms with Crippen molar-refractivity contribution in [3.05, 3.63) is 24.3 Å². The molecule has 0 N–H and O–H groups in total. The molecule has 0 aromatic carbocycles. The molecule has 6 heteroatoms. The topological polar surface area (TPSA) is 78.9 Å². The largest absolute Gasteiger partial charge is 0.462 e. The lowest BCUT2D eigenvalue weighted by molar-refractivity contribution is -0.167. The molecule has 0 rings (SSSR count). The van der Waals surface area contributed by atoms with Gasteiger partial charge in [-0.3, -0.25) is 14.4 Å². The summed E-state index contributed by atoms with van der Waals surface area (Å²) in [4.78, 5) is 37.9. The van der Waals surface area contributed by atoms with Gasteiger partial charge in [-0.2, -0.15) is 0 Å². The van der Waals surface area contributed by atoms with Crippen molar-refractivity contribution in [1.29, 1.82) is 0 Å². The highest BCUT2D eigenvalue weighted by atomic mass is 16.6. The standard InChI is InChI=1S/C54H100O6/c1-4-7-10-13-16-19-22-24-25-26-27-28-29-30-33-36-39-42-45-48-54(57)60-51(49-58-52(55)46-43-40-37-34-31-21-18-15-12-9-6-3)50-59-53(56)47-44-41-38-35-32-23-20-17-14-11-8-5-2/h16,19,24-25,51H,4-15,17-18,20-23,26-50H2,1-3H3/b19-16-,25-24-/t51-/m0/s1. The van der Waals surface area contributed by atoms with E-state index in [9.17, 15) is 14.4 Å². The molecule has 0 radical (unpaired) electrons. The van der Waals surface area contributed by atoms with Crippen LogP contribution < -0.4 is 0 Å². The third-order valence-corrected chi connectivity index (χ3v) is 11.7. The van der Waals surface area contributed by atoms with Crippen LogP contribution in [0.25, 0.3) is 0 Å². The summed E-state index contributed by atoms with van der Waals surface area (Å²) in [6, 6.07) is 0. The summed E-state index contributed by atoms with van der Waals surface area (Å²) < 4.78 is 16.8. The molecule has 0 aliphatic rings. The van der Waals surface area contributed by atoms with Gasteiger partial charge in [-0.05, 0) is 51.4 Å². The minimum Gasteiger partial charge on any atom is -0.462 e. The maximum absolute atomic E-state index is 12.8. The van der Waals surface area contributed by atoms with E-state index < -0.39 is 6.10 Å². The Balaban J connectivity index is 4.30. The van der Waals surface area contributed by atoms with E-state index in [1.165, 1.54) is 180 Å². The first-order chi connectivity index (χ1) is 29.5. The second-order valence-electron chi connectivity index (χ2n) is 17.8. The van der Waals surface area contributed by atoms with Crippen LogP contribution in [0.4, 0.5) is 0 Å². The number of carbonyl (C=O) groups is 3. The van der Waals surface area contributed by atoms with Gasteiger partial charge in [0.15, 0.2) is 6.10 Å². The lowest BCUT2D eigenvalue weighted by atomic mass is 10.0. The van der Waals surface area contributed by atoms with Gasteiger partial charge in [0.2, 0.25) is 0 Å². The fourth-order valence-electron chi connectivity index (χ4n) is 7.71. The van der Waals surface area contributed by atoms with E-state index >= 15 is 0 Å².